The molecule has 0 aliphatic carbocycles. The standard InChI is InChI=1S/C21H18N2O5/c1-13(24)15-8-10-17(11-9-15)22-18(25)12-27-21(26)19-14(2)28-23-20(19)16-6-4-3-5-7-16/h3-11H,12H2,1-2H3,(H,22,25). The lowest BCUT2D eigenvalue weighted by Crippen LogP contribution is -2.21. The van der Waals surface area contributed by atoms with Crippen molar-refractivity contribution in [3.8, 4) is 11.3 Å². The lowest BCUT2D eigenvalue weighted by Gasteiger charge is -2.07. The minimum absolute atomic E-state index is 0.0647. The first kappa shape index (κ1) is 19.0. The molecule has 1 amide bonds. The molecule has 0 saturated carbocycles. The van der Waals surface area contributed by atoms with Gasteiger partial charge in [0.05, 0.1) is 0 Å². The number of ketones is 1. The van der Waals surface area contributed by atoms with Crippen molar-refractivity contribution in [3.05, 3.63) is 71.5 Å². The van der Waals surface area contributed by atoms with Gasteiger partial charge in [0.2, 0.25) is 0 Å². The van der Waals surface area contributed by atoms with Crippen LogP contribution in [0.2, 0.25) is 0 Å². The Balaban J connectivity index is 1.64. The van der Waals surface area contributed by atoms with Crippen LogP contribution in [0.1, 0.15) is 33.4 Å². The second-order valence-electron chi connectivity index (χ2n) is 6.09. The topological polar surface area (TPSA) is 98.5 Å². The monoisotopic (exact) mass is 378 g/mol. The minimum atomic E-state index is -0.695. The summed E-state index contributed by atoms with van der Waals surface area (Å²) >= 11 is 0. The lowest BCUT2D eigenvalue weighted by atomic mass is 10.1. The quantitative estimate of drug-likeness (QED) is 0.519. The Kier molecular flexibility index (Phi) is 5.64. The van der Waals surface area contributed by atoms with Crippen molar-refractivity contribution in [3.63, 3.8) is 0 Å². The highest BCUT2D eigenvalue weighted by Crippen LogP contribution is 2.25. The van der Waals surface area contributed by atoms with Crippen molar-refractivity contribution in [2.75, 3.05) is 11.9 Å². The molecule has 0 unspecified atom stereocenters. The number of benzene rings is 2. The first-order valence-corrected chi connectivity index (χ1v) is 8.55. The van der Waals surface area contributed by atoms with E-state index >= 15 is 0 Å². The Labute approximate surface area is 161 Å². The van der Waals surface area contributed by atoms with Gasteiger partial charge in [0.1, 0.15) is 17.0 Å². The van der Waals surface area contributed by atoms with Gasteiger partial charge in [0, 0.05) is 16.8 Å². The summed E-state index contributed by atoms with van der Waals surface area (Å²) in [6.45, 7) is 2.60. The first-order valence-electron chi connectivity index (χ1n) is 8.55. The fraction of sp³-hybridized carbons (Fsp3) is 0.143. The van der Waals surface area contributed by atoms with E-state index in [4.69, 9.17) is 9.26 Å². The Morgan fingerprint density at radius 2 is 1.71 bits per heavy atom. The Hall–Kier alpha value is -3.74. The van der Waals surface area contributed by atoms with Crippen LogP contribution in [0.3, 0.4) is 0 Å². The second-order valence-corrected chi connectivity index (χ2v) is 6.09. The van der Waals surface area contributed by atoms with Crippen LogP contribution in [0.15, 0.2) is 59.1 Å². The smallest absolute Gasteiger partial charge is 0.344 e. The largest absolute Gasteiger partial charge is 0.452 e. The van der Waals surface area contributed by atoms with E-state index in [1.54, 1.807) is 43.3 Å². The molecule has 7 heteroatoms. The molecule has 0 aliphatic heterocycles. The number of nitrogens with one attached hydrogen (secondary N) is 1. The molecule has 0 radical (unpaired) electrons. The van der Waals surface area contributed by atoms with Gasteiger partial charge in [-0.25, -0.2) is 4.79 Å². The van der Waals surface area contributed by atoms with E-state index in [9.17, 15) is 14.4 Å². The Morgan fingerprint density at radius 3 is 2.36 bits per heavy atom. The van der Waals surface area contributed by atoms with Gasteiger partial charge >= 0.3 is 5.97 Å². The number of esters is 1. The number of hydrogen-bond donors (Lipinski definition) is 1. The predicted octanol–water partition coefficient (Wildman–Crippen LogP) is 3.65. The van der Waals surface area contributed by atoms with Crippen molar-refractivity contribution in [1.29, 1.82) is 0 Å². The van der Waals surface area contributed by atoms with Crippen LogP contribution < -0.4 is 5.32 Å². The van der Waals surface area contributed by atoms with E-state index < -0.39 is 18.5 Å². The summed E-state index contributed by atoms with van der Waals surface area (Å²) in [6.07, 6.45) is 0. The van der Waals surface area contributed by atoms with Crippen molar-refractivity contribution >= 4 is 23.3 Å². The van der Waals surface area contributed by atoms with Gasteiger partial charge in [-0.3, -0.25) is 9.59 Å². The molecule has 28 heavy (non-hydrogen) atoms. The SMILES string of the molecule is CC(=O)c1ccc(NC(=O)COC(=O)c2c(-c3ccccc3)noc2C)cc1. The summed E-state index contributed by atoms with van der Waals surface area (Å²) < 4.78 is 10.2. The normalized spacial score (nSPS) is 10.4. The molecule has 0 atom stereocenters. The van der Waals surface area contributed by atoms with E-state index in [0.717, 1.165) is 0 Å². The fourth-order valence-electron chi connectivity index (χ4n) is 2.59. The number of amides is 1. The zero-order valence-corrected chi connectivity index (χ0v) is 15.4. The number of carbonyl (C=O) groups excluding carboxylic acids is 3. The number of ether oxygens (including phenoxy) is 1. The summed E-state index contributed by atoms with van der Waals surface area (Å²) in [5.74, 6) is -0.951. The Morgan fingerprint density at radius 1 is 1.04 bits per heavy atom. The van der Waals surface area contributed by atoms with Crippen LogP contribution in [-0.4, -0.2) is 29.4 Å². The van der Waals surface area contributed by atoms with Crippen LogP contribution in [0, 0.1) is 6.92 Å². The van der Waals surface area contributed by atoms with Gasteiger partial charge in [0.25, 0.3) is 5.91 Å². The summed E-state index contributed by atoms with van der Waals surface area (Å²) in [6, 6.07) is 15.5. The summed E-state index contributed by atoms with van der Waals surface area (Å²) in [5, 5.41) is 6.52. The molecule has 7 nitrogen and oxygen atoms in total. The van der Waals surface area contributed by atoms with E-state index in [1.165, 1.54) is 6.92 Å². The van der Waals surface area contributed by atoms with Gasteiger partial charge in [-0.15, -0.1) is 0 Å². The second kappa shape index (κ2) is 8.30. The zero-order valence-electron chi connectivity index (χ0n) is 15.4. The molecular formula is C21H18N2O5. The minimum Gasteiger partial charge on any atom is -0.452 e. The zero-order chi connectivity index (χ0) is 20.1. The highest BCUT2D eigenvalue weighted by Gasteiger charge is 2.23. The summed E-state index contributed by atoms with van der Waals surface area (Å²) in [4.78, 5) is 35.8. The van der Waals surface area contributed by atoms with Crippen molar-refractivity contribution in [1.82, 2.24) is 5.16 Å². The first-order chi connectivity index (χ1) is 13.5. The average Bonchev–Trinajstić information content (AvgIpc) is 3.09. The number of rotatable bonds is 6. The van der Waals surface area contributed by atoms with Crippen molar-refractivity contribution in [2.24, 2.45) is 0 Å². The number of nitrogens with zero attached hydrogens (tertiary/aromatic N) is 1. The number of carbonyl (C=O) groups is 3. The number of aromatic nitrogens is 1. The molecule has 1 N–H and O–H groups in total. The maximum Gasteiger partial charge on any atom is 0.344 e. The molecule has 0 saturated heterocycles. The van der Waals surface area contributed by atoms with Gasteiger partial charge in [-0.05, 0) is 38.1 Å². The highest BCUT2D eigenvalue weighted by molar-refractivity contribution is 6.00. The molecule has 2 aromatic carbocycles. The van der Waals surface area contributed by atoms with Gasteiger partial charge in [-0.1, -0.05) is 35.5 Å². The molecule has 3 rings (SSSR count). The molecular weight excluding hydrogens is 360 g/mol. The van der Waals surface area contributed by atoms with Crippen molar-refractivity contribution < 1.29 is 23.6 Å². The maximum absolute atomic E-state index is 12.5. The highest BCUT2D eigenvalue weighted by atomic mass is 16.5. The lowest BCUT2D eigenvalue weighted by molar-refractivity contribution is -0.119. The fourth-order valence-corrected chi connectivity index (χ4v) is 2.59. The molecule has 1 heterocycles. The third-order valence-corrected chi connectivity index (χ3v) is 4.02. The third-order valence-electron chi connectivity index (χ3n) is 4.02. The Bertz CT molecular complexity index is 1010. The maximum atomic E-state index is 12.5. The van der Waals surface area contributed by atoms with Gasteiger partial charge in [0.15, 0.2) is 12.4 Å². The number of hydrogen-bond acceptors (Lipinski definition) is 6. The molecule has 0 aliphatic rings. The summed E-state index contributed by atoms with van der Waals surface area (Å²) in [5.41, 5.74) is 2.30. The van der Waals surface area contributed by atoms with Crippen molar-refractivity contribution in [2.45, 2.75) is 13.8 Å². The van der Waals surface area contributed by atoms with Crippen LogP contribution in [-0.2, 0) is 9.53 Å². The van der Waals surface area contributed by atoms with Crippen LogP contribution in [0.4, 0.5) is 5.69 Å². The van der Waals surface area contributed by atoms with Crippen LogP contribution in [0.5, 0.6) is 0 Å². The summed E-state index contributed by atoms with van der Waals surface area (Å²) in [7, 11) is 0. The predicted molar refractivity (Wildman–Crippen MR) is 102 cm³/mol. The average molecular weight is 378 g/mol. The van der Waals surface area contributed by atoms with Crippen LogP contribution in [0.25, 0.3) is 11.3 Å². The molecule has 1 aromatic heterocycles. The molecule has 142 valence electrons. The molecule has 3 aromatic rings. The number of aryl methyl sites for hydroxylation is 1. The van der Waals surface area contributed by atoms with E-state index in [-0.39, 0.29) is 11.3 Å². The number of Topliss-reactive ketones (excluding diaryl/α,β-unsaturated/α-hetero) is 1. The van der Waals surface area contributed by atoms with Crippen LogP contribution >= 0.6 is 0 Å². The molecule has 0 bridgehead atoms. The van der Waals surface area contributed by atoms with E-state index in [0.29, 0.717) is 28.3 Å². The van der Waals surface area contributed by atoms with E-state index in [2.05, 4.69) is 10.5 Å². The van der Waals surface area contributed by atoms with Gasteiger partial charge < -0.3 is 14.6 Å². The molecule has 0 spiro atoms. The van der Waals surface area contributed by atoms with E-state index in [1.807, 2.05) is 18.2 Å². The number of anilines is 1. The third kappa shape index (κ3) is 4.32. The van der Waals surface area contributed by atoms with Gasteiger partial charge in [-0.2, -0.15) is 0 Å². The molecule has 0 fully saturated rings.